The fourth-order valence-electron chi connectivity index (χ4n) is 4.76. The van der Waals surface area contributed by atoms with Crippen molar-refractivity contribution in [2.45, 2.75) is 51.0 Å². The van der Waals surface area contributed by atoms with E-state index in [0.717, 1.165) is 62.8 Å². The fraction of sp³-hybridized carbons (Fsp3) is 0.480. The molecule has 1 amide bonds. The van der Waals surface area contributed by atoms with Gasteiger partial charge in [0.05, 0.1) is 6.26 Å². The maximum atomic E-state index is 12.5. The molecule has 0 atom stereocenters. The Morgan fingerprint density at radius 2 is 1.91 bits per heavy atom. The van der Waals surface area contributed by atoms with Crippen LogP contribution < -0.4 is 0 Å². The molecule has 5 rings (SSSR count). The molecule has 0 radical (unpaired) electrons. The third-order valence-corrected chi connectivity index (χ3v) is 6.63. The second-order valence-electron chi connectivity index (χ2n) is 8.87. The highest BCUT2D eigenvalue weighted by atomic mass is 16.5. The zero-order chi connectivity index (χ0) is 21.8. The van der Waals surface area contributed by atoms with Crippen molar-refractivity contribution in [1.29, 1.82) is 0 Å². The summed E-state index contributed by atoms with van der Waals surface area (Å²) in [4.78, 5) is 21.5. The predicted molar refractivity (Wildman–Crippen MR) is 120 cm³/mol. The third-order valence-electron chi connectivity index (χ3n) is 6.63. The number of carbonyl (C=O) groups excluding carboxylic acids is 1. The van der Waals surface area contributed by atoms with Gasteiger partial charge in [-0.25, -0.2) is 0 Å². The summed E-state index contributed by atoms with van der Waals surface area (Å²) in [5, 5.41) is 4.23. The Hall–Kier alpha value is -2.93. The van der Waals surface area contributed by atoms with E-state index in [0.29, 0.717) is 24.6 Å². The van der Waals surface area contributed by atoms with Gasteiger partial charge in [-0.05, 0) is 36.6 Å². The molecule has 1 aromatic carbocycles. The SMILES string of the molecule is O=C(CCc1ccco1)N1CCN(Cc2cccc(-c3noc(C4CCCC4)n3)c2)CC1. The second kappa shape index (κ2) is 9.69. The van der Waals surface area contributed by atoms with Gasteiger partial charge in [-0.2, -0.15) is 4.98 Å². The van der Waals surface area contributed by atoms with E-state index in [-0.39, 0.29) is 5.91 Å². The summed E-state index contributed by atoms with van der Waals surface area (Å²) >= 11 is 0. The number of rotatable bonds is 7. The molecule has 0 unspecified atom stereocenters. The van der Waals surface area contributed by atoms with Gasteiger partial charge in [0.2, 0.25) is 17.6 Å². The van der Waals surface area contributed by atoms with E-state index in [1.807, 2.05) is 23.1 Å². The van der Waals surface area contributed by atoms with Gasteiger partial charge in [0.15, 0.2) is 0 Å². The van der Waals surface area contributed by atoms with Gasteiger partial charge in [-0.1, -0.05) is 36.2 Å². The van der Waals surface area contributed by atoms with Gasteiger partial charge >= 0.3 is 0 Å². The fourth-order valence-corrected chi connectivity index (χ4v) is 4.76. The van der Waals surface area contributed by atoms with Crippen molar-refractivity contribution in [2.75, 3.05) is 26.2 Å². The maximum Gasteiger partial charge on any atom is 0.230 e. The first-order valence-electron chi connectivity index (χ1n) is 11.7. The van der Waals surface area contributed by atoms with Crippen LogP contribution in [0.15, 0.2) is 51.6 Å². The Kier molecular flexibility index (Phi) is 6.34. The molecule has 0 spiro atoms. The molecular weight excluding hydrogens is 404 g/mol. The highest BCUT2D eigenvalue weighted by Gasteiger charge is 2.24. The molecule has 168 valence electrons. The molecule has 2 aliphatic rings. The lowest BCUT2D eigenvalue weighted by Crippen LogP contribution is -2.48. The van der Waals surface area contributed by atoms with E-state index >= 15 is 0 Å². The van der Waals surface area contributed by atoms with Crippen LogP contribution in [0.3, 0.4) is 0 Å². The van der Waals surface area contributed by atoms with Crippen molar-refractivity contribution >= 4 is 5.91 Å². The lowest BCUT2D eigenvalue weighted by molar-refractivity contribution is -0.133. The Labute approximate surface area is 188 Å². The number of benzene rings is 1. The monoisotopic (exact) mass is 434 g/mol. The first-order chi connectivity index (χ1) is 15.7. The molecule has 1 aliphatic carbocycles. The molecule has 3 aromatic rings. The van der Waals surface area contributed by atoms with Crippen LogP contribution >= 0.6 is 0 Å². The van der Waals surface area contributed by atoms with E-state index in [1.54, 1.807) is 6.26 Å². The number of hydrogen-bond acceptors (Lipinski definition) is 6. The number of aryl methyl sites for hydroxylation is 1. The van der Waals surface area contributed by atoms with Gasteiger partial charge in [-0.15, -0.1) is 0 Å². The van der Waals surface area contributed by atoms with Gasteiger partial charge in [0.25, 0.3) is 0 Å². The topological polar surface area (TPSA) is 75.6 Å². The summed E-state index contributed by atoms with van der Waals surface area (Å²) in [7, 11) is 0. The normalized spacial score (nSPS) is 17.8. The smallest absolute Gasteiger partial charge is 0.230 e. The van der Waals surface area contributed by atoms with Crippen molar-refractivity contribution in [3.05, 3.63) is 59.9 Å². The van der Waals surface area contributed by atoms with E-state index in [2.05, 4.69) is 33.2 Å². The van der Waals surface area contributed by atoms with Crippen LogP contribution in [0.2, 0.25) is 0 Å². The third kappa shape index (κ3) is 4.93. The number of carbonyl (C=O) groups is 1. The summed E-state index contributed by atoms with van der Waals surface area (Å²) in [5.41, 5.74) is 2.23. The number of aromatic nitrogens is 2. The van der Waals surface area contributed by atoms with Crippen LogP contribution in [0, 0.1) is 0 Å². The summed E-state index contributed by atoms with van der Waals surface area (Å²) < 4.78 is 10.9. The molecule has 7 heteroatoms. The van der Waals surface area contributed by atoms with Gasteiger partial charge in [-0.3, -0.25) is 9.69 Å². The zero-order valence-corrected chi connectivity index (χ0v) is 18.4. The number of nitrogens with zero attached hydrogens (tertiary/aromatic N) is 4. The van der Waals surface area contributed by atoms with Crippen molar-refractivity contribution < 1.29 is 13.7 Å². The lowest BCUT2D eigenvalue weighted by Gasteiger charge is -2.34. The molecular formula is C25H30N4O3. The highest BCUT2D eigenvalue weighted by molar-refractivity contribution is 5.76. The van der Waals surface area contributed by atoms with Gasteiger partial charge in [0, 0.05) is 57.0 Å². The Morgan fingerprint density at radius 1 is 1.06 bits per heavy atom. The number of piperazine rings is 1. The molecule has 3 heterocycles. The van der Waals surface area contributed by atoms with E-state index in [4.69, 9.17) is 8.94 Å². The molecule has 1 saturated carbocycles. The Morgan fingerprint density at radius 3 is 2.69 bits per heavy atom. The molecule has 0 bridgehead atoms. The quantitative estimate of drug-likeness (QED) is 0.553. The maximum absolute atomic E-state index is 12.5. The first kappa shape index (κ1) is 20.9. The average Bonchev–Trinajstić information content (AvgIpc) is 3.60. The van der Waals surface area contributed by atoms with Crippen LogP contribution in [-0.4, -0.2) is 52.0 Å². The van der Waals surface area contributed by atoms with E-state index in [1.165, 1.54) is 18.4 Å². The standard InChI is InChI=1S/C25H30N4O3/c30-23(11-10-22-9-4-16-31-22)29-14-12-28(13-15-29)18-19-5-3-8-21(17-19)24-26-25(32-27-24)20-6-1-2-7-20/h3-5,8-9,16-17,20H,1-2,6-7,10-15,18H2. The van der Waals surface area contributed by atoms with Crippen LogP contribution in [0.25, 0.3) is 11.4 Å². The summed E-state index contributed by atoms with van der Waals surface area (Å²) in [6, 6.07) is 12.2. The highest BCUT2D eigenvalue weighted by Crippen LogP contribution is 2.34. The number of amides is 1. The summed E-state index contributed by atoms with van der Waals surface area (Å²) in [6.45, 7) is 4.16. The molecule has 2 fully saturated rings. The Balaban J connectivity index is 1.13. The minimum absolute atomic E-state index is 0.207. The molecule has 1 saturated heterocycles. The second-order valence-corrected chi connectivity index (χ2v) is 8.87. The molecule has 1 aliphatic heterocycles. The van der Waals surface area contributed by atoms with Crippen LogP contribution in [-0.2, 0) is 17.8 Å². The average molecular weight is 435 g/mol. The van der Waals surface area contributed by atoms with Gasteiger partial charge in [0.1, 0.15) is 5.76 Å². The van der Waals surface area contributed by atoms with E-state index in [9.17, 15) is 4.79 Å². The van der Waals surface area contributed by atoms with Crippen LogP contribution in [0.1, 0.15) is 55.2 Å². The molecule has 0 N–H and O–H groups in total. The molecule has 7 nitrogen and oxygen atoms in total. The number of furan rings is 1. The van der Waals surface area contributed by atoms with Crippen molar-refractivity contribution in [3.8, 4) is 11.4 Å². The first-order valence-corrected chi connectivity index (χ1v) is 11.7. The zero-order valence-electron chi connectivity index (χ0n) is 18.4. The van der Waals surface area contributed by atoms with E-state index < -0.39 is 0 Å². The molecule has 2 aromatic heterocycles. The lowest BCUT2D eigenvalue weighted by atomic mass is 10.1. The van der Waals surface area contributed by atoms with Crippen molar-refractivity contribution in [2.24, 2.45) is 0 Å². The summed E-state index contributed by atoms with van der Waals surface area (Å²) in [5.74, 6) is 2.97. The predicted octanol–water partition coefficient (Wildman–Crippen LogP) is 4.26. The van der Waals surface area contributed by atoms with Crippen molar-refractivity contribution in [3.63, 3.8) is 0 Å². The molecule has 32 heavy (non-hydrogen) atoms. The van der Waals surface area contributed by atoms with Crippen molar-refractivity contribution in [1.82, 2.24) is 19.9 Å². The summed E-state index contributed by atoms with van der Waals surface area (Å²) in [6.07, 6.45) is 7.63. The minimum Gasteiger partial charge on any atom is -0.469 e. The van der Waals surface area contributed by atoms with Gasteiger partial charge < -0.3 is 13.8 Å². The number of hydrogen-bond donors (Lipinski definition) is 0. The van der Waals surface area contributed by atoms with Crippen LogP contribution in [0.4, 0.5) is 0 Å². The minimum atomic E-state index is 0.207. The largest absolute Gasteiger partial charge is 0.469 e. The van der Waals surface area contributed by atoms with Crippen LogP contribution in [0.5, 0.6) is 0 Å². The Bertz CT molecular complexity index is 1020.